The molecule has 1 heterocycles. The number of hydrogen-bond donors (Lipinski definition) is 4. The Kier molecular flexibility index (Phi) is 6.23. The lowest BCUT2D eigenvalue weighted by Gasteiger charge is -2.24. The fraction of sp³-hybridized carbons (Fsp3) is 1.00. The van der Waals surface area contributed by atoms with Crippen molar-refractivity contribution in [1.82, 2.24) is 5.01 Å². The molecule has 16 heavy (non-hydrogen) atoms. The first-order valence-electron chi connectivity index (χ1n) is 6.34. The van der Waals surface area contributed by atoms with Crippen molar-refractivity contribution in [1.29, 1.82) is 0 Å². The van der Waals surface area contributed by atoms with Crippen LogP contribution in [-0.4, -0.2) is 36.2 Å². The van der Waals surface area contributed by atoms with Crippen LogP contribution in [0.25, 0.3) is 0 Å². The highest BCUT2D eigenvalue weighted by atomic mass is 15.4. The Morgan fingerprint density at radius 1 is 0.625 bits per heavy atom. The summed E-state index contributed by atoms with van der Waals surface area (Å²) in [5, 5.41) is 1.83. The Morgan fingerprint density at radius 2 is 0.938 bits per heavy atom. The number of hydrogen-bond acceptors (Lipinski definition) is 5. The van der Waals surface area contributed by atoms with Gasteiger partial charge in [-0.2, -0.15) is 0 Å². The molecule has 96 valence electrons. The summed E-state index contributed by atoms with van der Waals surface area (Å²) in [6.45, 7) is 1.70. The number of nitrogens with zero attached hydrogens (tertiary/aromatic N) is 1. The van der Waals surface area contributed by atoms with E-state index >= 15 is 0 Å². The molecule has 0 spiro atoms. The van der Waals surface area contributed by atoms with Crippen LogP contribution in [0.15, 0.2) is 0 Å². The van der Waals surface area contributed by atoms with E-state index in [2.05, 4.69) is 0 Å². The molecule has 8 N–H and O–H groups in total. The van der Waals surface area contributed by atoms with Gasteiger partial charge in [-0.25, -0.2) is 5.01 Å². The molecule has 1 fully saturated rings. The van der Waals surface area contributed by atoms with Crippen LogP contribution in [0.1, 0.15) is 38.5 Å². The van der Waals surface area contributed by atoms with Gasteiger partial charge in [0.25, 0.3) is 0 Å². The topological polar surface area (TPSA) is 107 Å². The Balaban J connectivity index is 2.39. The zero-order valence-corrected chi connectivity index (χ0v) is 10.1. The average Bonchev–Trinajstić information content (AvgIpc) is 2.27. The summed E-state index contributed by atoms with van der Waals surface area (Å²) in [7, 11) is 0. The maximum atomic E-state index is 6.02. The van der Waals surface area contributed by atoms with Crippen LogP contribution in [0.5, 0.6) is 0 Å². The second kappa shape index (κ2) is 7.19. The molecule has 0 bridgehead atoms. The highest BCUT2D eigenvalue weighted by Crippen LogP contribution is 2.10. The molecule has 0 aromatic carbocycles. The van der Waals surface area contributed by atoms with Gasteiger partial charge in [-0.3, -0.25) is 5.84 Å². The van der Waals surface area contributed by atoms with Crippen molar-refractivity contribution in [2.24, 2.45) is 23.0 Å². The largest absolute Gasteiger partial charge is 0.328 e. The highest BCUT2D eigenvalue weighted by molar-refractivity contribution is 4.73. The van der Waals surface area contributed by atoms with Crippen LogP contribution in [-0.2, 0) is 0 Å². The molecule has 0 aromatic heterocycles. The SMILES string of the molecule is NC1CCC(N)CCN(N)CCC(N)CC1. The highest BCUT2D eigenvalue weighted by Gasteiger charge is 2.13. The second-order valence-electron chi connectivity index (χ2n) is 5.05. The molecule has 5 nitrogen and oxygen atoms in total. The van der Waals surface area contributed by atoms with Gasteiger partial charge in [-0.1, -0.05) is 0 Å². The van der Waals surface area contributed by atoms with Gasteiger partial charge in [0.05, 0.1) is 0 Å². The molecule has 1 rings (SSSR count). The predicted octanol–water partition coefficient (Wildman–Crippen LogP) is -0.502. The maximum absolute atomic E-state index is 6.02. The molecular formula is C11H27N5. The Bertz CT molecular complexity index is 131. The number of rotatable bonds is 0. The molecule has 2 unspecified atom stereocenters. The maximum Gasteiger partial charge on any atom is 0.0143 e. The second-order valence-corrected chi connectivity index (χ2v) is 5.05. The minimum absolute atomic E-state index is 0.227. The minimum atomic E-state index is 0.227. The van der Waals surface area contributed by atoms with E-state index in [-0.39, 0.29) is 18.1 Å². The third kappa shape index (κ3) is 5.77. The van der Waals surface area contributed by atoms with E-state index in [0.29, 0.717) is 0 Å². The Hall–Kier alpha value is -0.200. The van der Waals surface area contributed by atoms with Crippen molar-refractivity contribution < 1.29 is 0 Å². The van der Waals surface area contributed by atoms with E-state index in [0.717, 1.165) is 51.6 Å². The summed E-state index contributed by atoms with van der Waals surface area (Å²) in [5.74, 6) is 5.86. The summed E-state index contributed by atoms with van der Waals surface area (Å²) in [4.78, 5) is 0. The van der Waals surface area contributed by atoms with E-state index in [4.69, 9.17) is 23.0 Å². The zero-order chi connectivity index (χ0) is 12.0. The van der Waals surface area contributed by atoms with Crippen molar-refractivity contribution in [3.05, 3.63) is 0 Å². The summed E-state index contributed by atoms with van der Waals surface area (Å²) in [6.07, 6.45) is 5.86. The lowest BCUT2D eigenvalue weighted by molar-refractivity contribution is 0.250. The third-order valence-corrected chi connectivity index (χ3v) is 3.39. The monoisotopic (exact) mass is 229 g/mol. The van der Waals surface area contributed by atoms with Crippen molar-refractivity contribution in [3.63, 3.8) is 0 Å². The van der Waals surface area contributed by atoms with E-state index in [1.54, 1.807) is 0 Å². The molecule has 1 aliphatic heterocycles. The van der Waals surface area contributed by atoms with Gasteiger partial charge in [0, 0.05) is 31.2 Å². The standard InChI is InChI=1S/C11H27N5/c12-9-1-3-10(13)5-7-16(15)8-6-11(14)4-2-9/h9-11H,1-8,12-15H2. The molecule has 1 aliphatic rings. The number of nitrogens with two attached hydrogens (primary N) is 4. The molecule has 0 aromatic rings. The van der Waals surface area contributed by atoms with Crippen LogP contribution < -0.4 is 23.0 Å². The molecule has 5 heteroatoms. The van der Waals surface area contributed by atoms with Crippen molar-refractivity contribution in [3.8, 4) is 0 Å². The normalized spacial score (nSPS) is 36.4. The van der Waals surface area contributed by atoms with Gasteiger partial charge in [0.1, 0.15) is 0 Å². The van der Waals surface area contributed by atoms with Gasteiger partial charge < -0.3 is 17.2 Å². The molecule has 0 amide bonds. The van der Waals surface area contributed by atoms with Crippen molar-refractivity contribution in [2.45, 2.75) is 56.7 Å². The first kappa shape index (κ1) is 13.9. The third-order valence-electron chi connectivity index (χ3n) is 3.39. The first-order valence-corrected chi connectivity index (χ1v) is 6.34. The molecule has 1 saturated heterocycles. The van der Waals surface area contributed by atoms with Gasteiger partial charge in [-0.05, 0) is 38.5 Å². The average molecular weight is 229 g/mol. The van der Waals surface area contributed by atoms with Crippen LogP contribution in [0.2, 0.25) is 0 Å². The summed E-state index contributed by atoms with van der Waals surface area (Å²) < 4.78 is 0. The van der Waals surface area contributed by atoms with E-state index in [1.165, 1.54) is 0 Å². The van der Waals surface area contributed by atoms with Crippen LogP contribution in [0, 0.1) is 0 Å². The summed E-state index contributed by atoms with van der Waals surface area (Å²) >= 11 is 0. The van der Waals surface area contributed by atoms with Crippen molar-refractivity contribution in [2.75, 3.05) is 13.1 Å². The van der Waals surface area contributed by atoms with Crippen molar-refractivity contribution >= 4 is 0 Å². The van der Waals surface area contributed by atoms with Crippen LogP contribution >= 0.6 is 0 Å². The Labute approximate surface area is 98.5 Å². The molecule has 0 saturated carbocycles. The molecule has 2 atom stereocenters. The van der Waals surface area contributed by atoms with Crippen LogP contribution in [0.4, 0.5) is 0 Å². The minimum Gasteiger partial charge on any atom is -0.328 e. The first-order chi connectivity index (χ1) is 7.58. The molecule has 0 aliphatic carbocycles. The van der Waals surface area contributed by atoms with E-state index < -0.39 is 0 Å². The fourth-order valence-electron chi connectivity index (χ4n) is 2.06. The Morgan fingerprint density at radius 3 is 1.31 bits per heavy atom. The van der Waals surface area contributed by atoms with Gasteiger partial charge >= 0.3 is 0 Å². The molecular weight excluding hydrogens is 202 g/mol. The molecule has 0 radical (unpaired) electrons. The van der Waals surface area contributed by atoms with E-state index in [9.17, 15) is 0 Å². The predicted molar refractivity (Wildman–Crippen MR) is 67.4 cm³/mol. The van der Waals surface area contributed by atoms with Gasteiger partial charge in [-0.15, -0.1) is 0 Å². The summed E-state index contributed by atoms with van der Waals surface area (Å²) in [6, 6.07) is 0.709. The van der Waals surface area contributed by atoms with Crippen LogP contribution in [0.3, 0.4) is 0 Å². The zero-order valence-electron chi connectivity index (χ0n) is 10.1. The lowest BCUT2D eigenvalue weighted by Crippen LogP contribution is -2.40. The van der Waals surface area contributed by atoms with E-state index in [1.807, 2.05) is 5.01 Å². The quantitative estimate of drug-likeness (QED) is 0.419. The smallest absolute Gasteiger partial charge is 0.0143 e. The van der Waals surface area contributed by atoms with Gasteiger partial charge in [0.2, 0.25) is 0 Å². The number of hydrazine groups is 1. The summed E-state index contributed by atoms with van der Waals surface area (Å²) in [5.41, 5.74) is 18.0. The van der Waals surface area contributed by atoms with Gasteiger partial charge in [0.15, 0.2) is 0 Å². The fourth-order valence-corrected chi connectivity index (χ4v) is 2.06. The lowest BCUT2D eigenvalue weighted by atomic mass is 9.98.